The highest BCUT2D eigenvalue weighted by molar-refractivity contribution is 6.85. The second-order valence-corrected chi connectivity index (χ2v) is 12.5. The zero-order chi connectivity index (χ0) is 11.7. The monoisotopic (exact) mass is 216 g/mol. The van der Waals surface area contributed by atoms with E-state index in [-0.39, 0.29) is 0 Å². The zero-order valence-electron chi connectivity index (χ0n) is 11.2. The second-order valence-electron chi connectivity index (χ2n) is 5.96. The summed E-state index contributed by atoms with van der Waals surface area (Å²) in [5.74, 6) is 0. The molecule has 1 N–H and O–H groups in total. The van der Waals surface area contributed by atoms with Gasteiger partial charge in [-0.1, -0.05) is 41.5 Å². The molecular formula is C12H28OSi. The Hall–Kier alpha value is 0.177. The van der Waals surface area contributed by atoms with Crippen LogP contribution in [0.2, 0.25) is 16.6 Å². The molecule has 0 aliphatic carbocycles. The molecule has 2 heteroatoms. The molecule has 0 aromatic heterocycles. The van der Waals surface area contributed by atoms with Gasteiger partial charge < -0.3 is 5.11 Å². The van der Waals surface area contributed by atoms with E-state index in [1.165, 1.54) is 0 Å². The van der Waals surface area contributed by atoms with E-state index in [0.717, 1.165) is 0 Å². The van der Waals surface area contributed by atoms with E-state index >= 15 is 0 Å². The normalized spacial score (nSPS) is 14.6. The van der Waals surface area contributed by atoms with Crippen LogP contribution in [0.1, 0.15) is 55.4 Å². The van der Waals surface area contributed by atoms with E-state index in [2.05, 4.69) is 41.5 Å². The van der Waals surface area contributed by atoms with E-state index < -0.39 is 13.3 Å². The fourth-order valence-corrected chi connectivity index (χ4v) is 12.4. The van der Waals surface area contributed by atoms with Crippen LogP contribution in [0.3, 0.4) is 0 Å². The Morgan fingerprint density at radius 1 is 0.786 bits per heavy atom. The molecule has 0 heterocycles. The molecule has 86 valence electrons. The van der Waals surface area contributed by atoms with E-state index in [1.54, 1.807) is 0 Å². The summed E-state index contributed by atoms with van der Waals surface area (Å²) < 4.78 is 0. The molecule has 0 bridgehead atoms. The van der Waals surface area contributed by atoms with Crippen LogP contribution in [-0.2, 0) is 0 Å². The summed E-state index contributed by atoms with van der Waals surface area (Å²) in [7, 11) is -1.67. The molecule has 1 nitrogen and oxygen atoms in total. The first-order valence-corrected chi connectivity index (χ1v) is 8.04. The van der Waals surface area contributed by atoms with Gasteiger partial charge in [-0.05, 0) is 30.5 Å². The SMILES string of the molecule is CC(C)[Si](C(C)C)(C(C)C)C(C)(C)O. The van der Waals surface area contributed by atoms with E-state index in [0.29, 0.717) is 16.6 Å². The third-order valence-electron chi connectivity index (χ3n) is 3.93. The van der Waals surface area contributed by atoms with Gasteiger partial charge in [-0.25, -0.2) is 0 Å². The molecule has 0 aliphatic rings. The largest absolute Gasteiger partial charge is 0.394 e. The summed E-state index contributed by atoms with van der Waals surface area (Å²) >= 11 is 0. The summed E-state index contributed by atoms with van der Waals surface area (Å²) in [5.41, 5.74) is 1.88. The standard InChI is InChI=1S/C12H28OSi/c1-9(2)14(10(3)4,11(5)6)12(7,8)13/h9-11,13H,1-8H3. The quantitative estimate of drug-likeness (QED) is 0.705. The van der Waals surface area contributed by atoms with Crippen LogP contribution < -0.4 is 0 Å². The Morgan fingerprint density at radius 2 is 1.00 bits per heavy atom. The Labute approximate surface area is 90.9 Å². The van der Waals surface area contributed by atoms with Gasteiger partial charge in [0.25, 0.3) is 0 Å². The molecule has 14 heavy (non-hydrogen) atoms. The first-order chi connectivity index (χ1) is 6.08. The van der Waals surface area contributed by atoms with Gasteiger partial charge in [0.2, 0.25) is 0 Å². The number of hydrogen-bond donors (Lipinski definition) is 1. The maximum atomic E-state index is 10.5. The van der Waals surface area contributed by atoms with Crippen molar-refractivity contribution in [2.75, 3.05) is 0 Å². The lowest BCUT2D eigenvalue weighted by atomic mass is 10.4. The molecule has 0 saturated heterocycles. The highest BCUT2D eigenvalue weighted by Crippen LogP contribution is 2.47. The summed E-state index contributed by atoms with van der Waals surface area (Å²) in [6.45, 7) is 17.7. The Morgan fingerprint density at radius 3 is 1.00 bits per heavy atom. The fourth-order valence-electron chi connectivity index (χ4n) is 4.12. The zero-order valence-corrected chi connectivity index (χ0v) is 12.2. The molecule has 0 aromatic rings. The smallest absolute Gasteiger partial charge is 0.0979 e. The van der Waals surface area contributed by atoms with Gasteiger partial charge in [-0.15, -0.1) is 0 Å². The number of hydrogen-bond acceptors (Lipinski definition) is 1. The topological polar surface area (TPSA) is 20.2 Å². The lowest BCUT2D eigenvalue weighted by molar-refractivity contribution is 0.147. The molecular weight excluding hydrogens is 188 g/mol. The average Bonchev–Trinajstić information content (AvgIpc) is 1.79. The lowest BCUT2D eigenvalue weighted by Gasteiger charge is -2.51. The first kappa shape index (κ1) is 14.2. The molecule has 0 radical (unpaired) electrons. The van der Waals surface area contributed by atoms with Crippen molar-refractivity contribution in [3.8, 4) is 0 Å². The van der Waals surface area contributed by atoms with Crippen molar-refractivity contribution in [1.82, 2.24) is 0 Å². The van der Waals surface area contributed by atoms with Crippen LogP contribution in [0.4, 0.5) is 0 Å². The van der Waals surface area contributed by atoms with Gasteiger partial charge in [0, 0.05) is 0 Å². The molecule has 0 rings (SSSR count). The van der Waals surface area contributed by atoms with Gasteiger partial charge in [-0.2, -0.15) is 0 Å². The first-order valence-electron chi connectivity index (χ1n) is 5.80. The van der Waals surface area contributed by atoms with Crippen molar-refractivity contribution in [3.63, 3.8) is 0 Å². The summed E-state index contributed by atoms with van der Waals surface area (Å²) in [6, 6.07) is 0. The van der Waals surface area contributed by atoms with Gasteiger partial charge in [-0.3, -0.25) is 0 Å². The highest BCUT2D eigenvalue weighted by Gasteiger charge is 2.52. The van der Waals surface area contributed by atoms with Crippen molar-refractivity contribution in [1.29, 1.82) is 0 Å². The van der Waals surface area contributed by atoms with Crippen LogP contribution in [0.25, 0.3) is 0 Å². The average molecular weight is 216 g/mol. The van der Waals surface area contributed by atoms with Crippen LogP contribution in [0, 0.1) is 0 Å². The molecule has 0 fully saturated rings. The van der Waals surface area contributed by atoms with E-state index in [1.807, 2.05) is 13.8 Å². The van der Waals surface area contributed by atoms with Crippen molar-refractivity contribution in [2.45, 2.75) is 77.2 Å². The van der Waals surface area contributed by atoms with Crippen LogP contribution >= 0.6 is 0 Å². The minimum Gasteiger partial charge on any atom is -0.394 e. The summed E-state index contributed by atoms with van der Waals surface area (Å²) in [5, 5.41) is 10.0. The fraction of sp³-hybridized carbons (Fsp3) is 1.00. The van der Waals surface area contributed by atoms with E-state index in [4.69, 9.17) is 0 Å². The van der Waals surface area contributed by atoms with Gasteiger partial charge >= 0.3 is 0 Å². The molecule has 0 spiro atoms. The van der Waals surface area contributed by atoms with Crippen LogP contribution in [-0.4, -0.2) is 18.4 Å². The molecule has 0 amide bonds. The van der Waals surface area contributed by atoms with Gasteiger partial charge in [0.15, 0.2) is 0 Å². The Bertz CT molecular complexity index is 155. The summed E-state index contributed by atoms with van der Waals surface area (Å²) in [6.07, 6.45) is 0. The maximum absolute atomic E-state index is 10.5. The Kier molecular flexibility index (Phi) is 4.41. The lowest BCUT2D eigenvalue weighted by Crippen LogP contribution is -2.61. The molecule has 0 aromatic carbocycles. The number of aliphatic hydroxyl groups is 1. The third kappa shape index (κ3) is 2.06. The van der Waals surface area contributed by atoms with Crippen LogP contribution in [0.15, 0.2) is 0 Å². The molecule has 0 atom stereocenters. The molecule has 0 unspecified atom stereocenters. The maximum Gasteiger partial charge on any atom is 0.0979 e. The van der Waals surface area contributed by atoms with E-state index in [9.17, 15) is 5.11 Å². The van der Waals surface area contributed by atoms with Gasteiger partial charge in [0.05, 0.1) is 13.3 Å². The molecule has 0 aliphatic heterocycles. The van der Waals surface area contributed by atoms with Crippen molar-refractivity contribution >= 4 is 8.07 Å². The number of rotatable bonds is 4. The van der Waals surface area contributed by atoms with Crippen molar-refractivity contribution < 1.29 is 5.11 Å². The molecule has 0 saturated carbocycles. The van der Waals surface area contributed by atoms with Crippen molar-refractivity contribution in [3.05, 3.63) is 0 Å². The Balaban J connectivity index is 5.40. The minimum atomic E-state index is -1.67. The predicted octanol–water partition coefficient (Wildman–Crippen LogP) is 3.98. The van der Waals surface area contributed by atoms with Crippen LogP contribution in [0.5, 0.6) is 0 Å². The predicted molar refractivity (Wildman–Crippen MR) is 67.3 cm³/mol. The summed E-state index contributed by atoms with van der Waals surface area (Å²) in [4.78, 5) is 0. The second kappa shape index (κ2) is 4.36. The highest BCUT2D eigenvalue weighted by atomic mass is 28.3. The van der Waals surface area contributed by atoms with Crippen molar-refractivity contribution in [2.24, 2.45) is 0 Å². The minimum absolute atomic E-state index is 0.483. The third-order valence-corrected chi connectivity index (χ3v) is 11.8. The van der Waals surface area contributed by atoms with Gasteiger partial charge in [0.1, 0.15) is 0 Å².